The van der Waals surface area contributed by atoms with E-state index in [1.807, 2.05) is 43.3 Å². The molecule has 0 bridgehead atoms. The number of carbonyl (C=O) groups excluding carboxylic acids is 2. The van der Waals surface area contributed by atoms with Crippen LogP contribution in [-0.2, 0) is 9.59 Å². The van der Waals surface area contributed by atoms with Crippen molar-refractivity contribution in [3.63, 3.8) is 0 Å². The summed E-state index contributed by atoms with van der Waals surface area (Å²) in [6.07, 6.45) is 0. The maximum atomic E-state index is 13.3. The summed E-state index contributed by atoms with van der Waals surface area (Å²) < 4.78 is 6.46. The van der Waals surface area contributed by atoms with E-state index in [-0.39, 0.29) is 11.3 Å². The molecule has 33 heavy (non-hydrogen) atoms. The van der Waals surface area contributed by atoms with Crippen LogP contribution in [0.2, 0.25) is 0 Å². The zero-order valence-corrected chi connectivity index (χ0v) is 18.8. The molecule has 164 valence electrons. The Morgan fingerprint density at radius 3 is 2.52 bits per heavy atom. The second-order valence-corrected chi connectivity index (χ2v) is 8.75. The first-order valence-electron chi connectivity index (χ1n) is 10.4. The van der Waals surface area contributed by atoms with Crippen LogP contribution in [0.3, 0.4) is 0 Å². The fourth-order valence-electron chi connectivity index (χ4n) is 4.09. The normalized spacial score (nSPS) is 17.6. The lowest BCUT2D eigenvalue weighted by Crippen LogP contribution is -2.29. The number of ketones is 1. The number of Topliss-reactive ketones (excluding diaryl/α,β-unsaturated/α-hetero) is 1. The van der Waals surface area contributed by atoms with Gasteiger partial charge < -0.3 is 9.84 Å². The predicted molar refractivity (Wildman–Crippen MR) is 129 cm³/mol. The lowest BCUT2D eigenvalue weighted by atomic mass is 9.95. The van der Waals surface area contributed by atoms with E-state index in [0.717, 1.165) is 15.8 Å². The van der Waals surface area contributed by atoms with Gasteiger partial charge >= 0.3 is 5.91 Å². The van der Waals surface area contributed by atoms with Crippen LogP contribution in [0.25, 0.3) is 16.0 Å². The standard InChI is InChI=1S/C26H20N2O4S/c1-15-12-13-18-20(14-15)33-26(27-18)28-22(17-10-6-7-11-19(17)32-2)21(24(30)25(28)31)23(29)16-8-4-3-5-9-16/h3-14,22,29H,1-2H3/t22-/m0/s1. The van der Waals surface area contributed by atoms with Crippen molar-refractivity contribution >= 4 is 44.1 Å². The maximum absolute atomic E-state index is 13.3. The van der Waals surface area contributed by atoms with E-state index in [4.69, 9.17) is 4.74 Å². The topological polar surface area (TPSA) is 79.7 Å². The van der Waals surface area contributed by atoms with E-state index in [0.29, 0.717) is 22.0 Å². The molecule has 6 nitrogen and oxygen atoms in total. The highest BCUT2D eigenvalue weighted by Gasteiger charge is 2.49. The van der Waals surface area contributed by atoms with Crippen molar-refractivity contribution in [3.05, 3.63) is 95.1 Å². The average Bonchev–Trinajstić information content (AvgIpc) is 3.36. The number of rotatable bonds is 4. The van der Waals surface area contributed by atoms with Crippen molar-refractivity contribution in [3.8, 4) is 5.75 Å². The minimum atomic E-state index is -0.886. The molecule has 1 aliphatic heterocycles. The third-order valence-electron chi connectivity index (χ3n) is 5.66. The third kappa shape index (κ3) is 3.47. The molecule has 1 saturated heterocycles. The Kier molecular flexibility index (Phi) is 5.18. The van der Waals surface area contributed by atoms with Crippen molar-refractivity contribution in [1.82, 2.24) is 4.98 Å². The first-order chi connectivity index (χ1) is 16.0. The number of aliphatic hydroxyl groups is 1. The smallest absolute Gasteiger partial charge is 0.301 e. The average molecular weight is 457 g/mol. The van der Waals surface area contributed by atoms with Gasteiger partial charge in [-0.15, -0.1) is 0 Å². The van der Waals surface area contributed by atoms with E-state index in [1.165, 1.54) is 23.3 Å². The summed E-state index contributed by atoms with van der Waals surface area (Å²) in [5, 5.41) is 11.6. The Labute approximate surface area is 194 Å². The quantitative estimate of drug-likeness (QED) is 0.258. The molecule has 1 N–H and O–H groups in total. The molecule has 1 fully saturated rings. The van der Waals surface area contributed by atoms with Crippen LogP contribution < -0.4 is 9.64 Å². The number of carbonyl (C=O) groups is 2. The number of nitrogens with zero attached hydrogens (tertiary/aromatic N) is 2. The Balaban J connectivity index is 1.77. The summed E-state index contributed by atoms with van der Waals surface area (Å²) in [5.74, 6) is -1.23. The van der Waals surface area contributed by atoms with Crippen LogP contribution >= 0.6 is 11.3 Å². The highest BCUT2D eigenvalue weighted by atomic mass is 32.1. The SMILES string of the molecule is COc1ccccc1[C@H]1C(=C(O)c2ccccc2)C(=O)C(=O)N1c1nc2ccc(C)cc2s1. The molecule has 1 amide bonds. The highest BCUT2D eigenvalue weighted by molar-refractivity contribution is 7.22. The van der Waals surface area contributed by atoms with Gasteiger partial charge in [-0.2, -0.15) is 0 Å². The molecular weight excluding hydrogens is 436 g/mol. The van der Waals surface area contributed by atoms with Crippen LogP contribution in [0.15, 0.2) is 78.4 Å². The summed E-state index contributed by atoms with van der Waals surface area (Å²) in [5.41, 5.74) is 2.86. The van der Waals surface area contributed by atoms with Crippen molar-refractivity contribution in [2.75, 3.05) is 12.0 Å². The van der Waals surface area contributed by atoms with E-state index >= 15 is 0 Å². The van der Waals surface area contributed by atoms with E-state index in [2.05, 4.69) is 4.98 Å². The fraction of sp³-hybridized carbons (Fsp3) is 0.115. The predicted octanol–water partition coefficient (Wildman–Crippen LogP) is 5.24. The molecule has 0 spiro atoms. The molecule has 3 aromatic carbocycles. The number of hydrogen-bond donors (Lipinski definition) is 1. The van der Waals surface area contributed by atoms with Crippen LogP contribution in [0.4, 0.5) is 5.13 Å². The first-order valence-corrected chi connectivity index (χ1v) is 11.2. The second kappa shape index (κ2) is 8.18. The second-order valence-electron chi connectivity index (χ2n) is 7.74. The van der Waals surface area contributed by atoms with Crippen molar-refractivity contribution < 1.29 is 19.4 Å². The molecule has 2 heterocycles. The van der Waals surface area contributed by atoms with Gasteiger partial charge in [0.15, 0.2) is 5.13 Å². The number of amides is 1. The number of methoxy groups -OCH3 is 1. The Hall–Kier alpha value is -3.97. The Morgan fingerprint density at radius 1 is 1.03 bits per heavy atom. The Bertz CT molecular complexity index is 1420. The summed E-state index contributed by atoms with van der Waals surface area (Å²) >= 11 is 1.33. The lowest BCUT2D eigenvalue weighted by Gasteiger charge is -2.24. The lowest BCUT2D eigenvalue weighted by molar-refractivity contribution is -0.132. The molecule has 5 rings (SSSR count). The third-order valence-corrected chi connectivity index (χ3v) is 6.68. The molecule has 1 atom stereocenters. The van der Waals surface area contributed by atoms with Gasteiger partial charge in [0, 0.05) is 11.1 Å². The van der Waals surface area contributed by atoms with Gasteiger partial charge in [-0.05, 0) is 30.7 Å². The minimum absolute atomic E-state index is 0.00568. The summed E-state index contributed by atoms with van der Waals surface area (Å²) in [6.45, 7) is 1.99. The number of para-hydroxylation sites is 1. The minimum Gasteiger partial charge on any atom is -0.507 e. The summed E-state index contributed by atoms with van der Waals surface area (Å²) in [6, 6.07) is 20.9. The molecule has 0 aliphatic carbocycles. The number of fused-ring (bicyclic) bond motifs is 1. The van der Waals surface area contributed by atoms with E-state index < -0.39 is 17.7 Å². The van der Waals surface area contributed by atoms with E-state index in [1.54, 1.807) is 36.4 Å². The first kappa shape index (κ1) is 20.9. The molecular formula is C26H20N2O4S. The summed E-state index contributed by atoms with van der Waals surface area (Å²) in [7, 11) is 1.53. The molecule has 7 heteroatoms. The Morgan fingerprint density at radius 2 is 1.76 bits per heavy atom. The molecule has 1 aromatic heterocycles. The van der Waals surface area contributed by atoms with Crippen LogP contribution in [0, 0.1) is 6.92 Å². The highest BCUT2D eigenvalue weighted by Crippen LogP contribution is 2.46. The van der Waals surface area contributed by atoms with Crippen LogP contribution in [-0.4, -0.2) is 28.9 Å². The number of aliphatic hydroxyl groups excluding tert-OH is 1. The van der Waals surface area contributed by atoms with Crippen molar-refractivity contribution in [2.45, 2.75) is 13.0 Å². The number of hydrogen-bond acceptors (Lipinski definition) is 6. The fourth-order valence-corrected chi connectivity index (χ4v) is 5.18. The van der Waals surface area contributed by atoms with Crippen LogP contribution in [0.5, 0.6) is 5.75 Å². The van der Waals surface area contributed by atoms with E-state index in [9.17, 15) is 14.7 Å². The van der Waals surface area contributed by atoms with Crippen molar-refractivity contribution in [1.29, 1.82) is 0 Å². The number of benzene rings is 3. The zero-order valence-electron chi connectivity index (χ0n) is 18.0. The maximum Gasteiger partial charge on any atom is 0.301 e. The molecule has 0 unspecified atom stereocenters. The van der Waals surface area contributed by atoms with Gasteiger partial charge in [0.05, 0.1) is 22.9 Å². The molecule has 0 radical (unpaired) electrons. The molecule has 0 saturated carbocycles. The number of anilines is 1. The number of aryl methyl sites for hydroxylation is 1. The number of aromatic nitrogens is 1. The largest absolute Gasteiger partial charge is 0.507 e. The van der Waals surface area contributed by atoms with Gasteiger partial charge in [0.1, 0.15) is 17.6 Å². The van der Waals surface area contributed by atoms with Gasteiger partial charge in [-0.3, -0.25) is 14.5 Å². The van der Waals surface area contributed by atoms with Crippen LogP contribution in [0.1, 0.15) is 22.7 Å². The van der Waals surface area contributed by atoms with Gasteiger partial charge in [-0.25, -0.2) is 4.98 Å². The number of ether oxygens (including phenoxy) is 1. The molecule has 1 aliphatic rings. The summed E-state index contributed by atoms with van der Waals surface area (Å²) in [4.78, 5) is 32.6. The zero-order chi connectivity index (χ0) is 23.1. The van der Waals surface area contributed by atoms with Crippen molar-refractivity contribution in [2.24, 2.45) is 0 Å². The molecule has 4 aromatic rings. The monoisotopic (exact) mass is 456 g/mol. The van der Waals surface area contributed by atoms with Gasteiger partial charge in [0.25, 0.3) is 5.78 Å². The number of thiazole rings is 1. The van der Waals surface area contributed by atoms with Gasteiger partial charge in [-0.1, -0.05) is 65.9 Å². The van der Waals surface area contributed by atoms with Gasteiger partial charge in [0.2, 0.25) is 0 Å².